The van der Waals surface area contributed by atoms with Crippen LogP contribution in [0, 0.1) is 5.41 Å². The van der Waals surface area contributed by atoms with E-state index in [2.05, 4.69) is 13.8 Å². The fourth-order valence-electron chi connectivity index (χ4n) is 2.84. The van der Waals surface area contributed by atoms with Crippen LogP contribution in [-0.2, 0) is 10.0 Å². The van der Waals surface area contributed by atoms with Gasteiger partial charge >= 0.3 is 0 Å². The van der Waals surface area contributed by atoms with Crippen LogP contribution in [-0.4, -0.2) is 30.9 Å². The van der Waals surface area contributed by atoms with Gasteiger partial charge in [-0.3, -0.25) is 0 Å². The highest BCUT2D eigenvalue weighted by Gasteiger charge is 2.34. The van der Waals surface area contributed by atoms with Crippen LogP contribution < -0.4 is 0 Å². The van der Waals surface area contributed by atoms with E-state index in [0.717, 1.165) is 12.8 Å². The van der Waals surface area contributed by atoms with Gasteiger partial charge in [0.05, 0.1) is 11.0 Å². The number of benzene rings is 1. The van der Waals surface area contributed by atoms with Crippen molar-refractivity contribution in [1.29, 1.82) is 0 Å². The zero-order chi connectivity index (χ0) is 15.7. The van der Waals surface area contributed by atoms with Crippen molar-refractivity contribution in [2.75, 3.05) is 13.1 Å². The maximum atomic E-state index is 12.8. The van der Waals surface area contributed by atoms with E-state index in [-0.39, 0.29) is 10.3 Å². The molecule has 4 nitrogen and oxygen atoms in total. The molecule has 0 saturated carbocycles. The third-order valence-corrected chi connectivity index (χ3v) is 5.97. The molecular formula is C16H25NO3S. The molecule has 0 bridgehead atoms. The van der Waals surface area contributed by atoms with Crippen molar-refractivity contribution >= 4 is 10.0 Å². The Morgan fingerprint density at radius 1 is 1.38 bits per heavy atom. The molecule has 1 unspecified atom stereocenters. The lowest BCUT2D eigenvalue weighted by atomic mass is 9.85. The lowest BCUT2D eigenvalue weighted by Crippen LogP contribution is -2.43. The molecule has 0 aliphatic carbocycles. The van der Waals surface area contributed by atoms with Crippen molar-refractivity contribution in [3.05, 3.63) is 29.8 Å². The summed E-state index contributed by atoms with van der Waals surface area (Å²) in [7, 11) is -3.48. The quantitative estimate of drug-likeness (QED) is 0.930. The van der Waals surface area contributed by atoms with Crippen LogP contribution in [0.25, 0.3) is 0 Å². The second-order valence-electron chi connectivity index (χ2n) is 6.60. The van der Waals surface area contributed by atoms with E-state index in [1.165, 1.54) is 0 Å². The number of aliphatic hydroxyl groups excluding tert-OH is 1. The number of hydrogen-bond acceptors (Lipinski definition) is 3. The average molecular weight is 311 g/mol. The minimum atomic E-state index is -3.48. The SMILES string of the molecule is CCC(O)c1cccc(S(=O)(=O)N2CCCC(C)(C)C2)c1. The fraction of sp³-hybridized carbons (Fsp3) is 0.625. The van der Waals surface area contributed by atoms with E-state index in [1.54, 1.807) is 28.6 Å². The van der Waals surface area contributed by atoms with Crippen LogP contribution in [0.4, 0.5) is 0 Å². The molecule has 2 rings (SSSR count). The maximum absolute atomic E-state index is 12.8. The van der Waals surface area contributed by atoms with Crippen molar-refractivity contribution in [1.82, 2.24) is 4.31 Å². The Kier molecular flexibility index (Phi) is 4.76. The highest BCUT2D eigenvalue weighted by Crippen LogP contribution is 2.32. The zero-order valence-corrected chi connectivity index (χ0v) is 13.9. The lowest BCUT2D eigenvalue weighted by molar-refractivity contribution is 0.173. The van der Waals surface area contributed by atoms with Crippen LogP contribution in [0.5, 0.6) is 0 Å². The topological polar surface area (TPSA) is 57.6 Å². The normalized spacial score (nSPS) is 21.1. The van der Waals surface area contributed by atoms with E-state index in [0.29, 0.717) is 25.1 Å². The molecule has 1 heterocycles. The second-order valence-corrected chi connectivity index (χ2v) is 8.54. The Morgan fingerprint density at radius 3 is 2.71 bits per heavy atom. The largest absolute Gasteiger partial charge is 0.388 e. The van der Waals surface area contributed by atoms with Crippen molar-refractivity contribution in [2.24, 2.45) is 5.41 Å². The summed E-state index contributed by atoms with van der Waals surface area (Å²) in [6.07, 6.45) is 1.90. The summed E-state index contributed by atoms with van der Waals surface area (Å²) in [6, 6.07) is 6.69. The van der Waals surface area contributed by atoms with Crippen molar-refractivity contribution < 1.29 is 13.5 Å². The van der Waals surface area contributed by atoms with Gasteiger partial charge in [0.1, 0.15) is 0 Å². The Bertz CT molecular complexity index is 595. The van der Waals surface area contributed by atoms with Gasteiger partial charge in [-0.05, 0) is 42.4 Å². The average Bonchev–Trinajstić information content (AvgIpc) is 2.45. The minimum Gasteiger partial charge on any atom is -0.388 e. The molecule has 0 radical (unpaired) electrons. The molecule has 0 spiro atoms. The van der Waals surface area contributed by atoms with E-state index in [4.69, 9.17) is 0 Å². The molecule has 1 aliphatic heterocycles. The Morgan fingerprint density at radius 2 is 2.10 bits per heavy atom. The molecule has 1 aliphatic rings. The van der Waals surface area contributed by atoms with E-state index in [1.807, 2.05) is 6.92 Å². The Balaban J connectivity index is 2.31. The predicted octanol–water partition coefficient (Wildman–Crippen LogP) is 2.94. The van der Waals surface area contributed by atoms with Gasteiger partial charge in [0.25, 0.3) is 0 Å². The van der Waals surface area contributed by atoms with Gasteiger partial charge < -0.3 is 5.11 Å². The number of sulfonamides is 1. The molecule has 0 aromatic heterocycles. The number of aliphatic hydroxyl groups is 1. The first-order chi connectivity index (χ1) is 9.76. The van der Waals surface area contributed by atoms with E-state index < -0.39 is 16.1 Å². The smallest absolute Gasteiger partial charge is 0.243 e. The third kappa shape index (κ3) is 3.65. The van der Waals surface area contributed by atoms with Gasteiger partial charge in [-0.1, -0.05) is 32.9 Å². The minimum absolute atomic E-state index is 0.0197. The molecule has 1 saturated heterocycles. The van der Waals surface area contributed by atoms with Gasteiger partial charge in [0.2, 0.25) is 10.0 Å². The molecule has 1 aromatic carbocycles. The second kappa shape index (κ2) is 6.07. The van der Waals surface area contributed by atoms with Gasteiger partial charge in [-0.2, -0.15) is 4.31 Å². The van der Waals surface area contributed by atoms with E-state index >= 15 is 0 Å². The van der Waals surface area contributed by atoms with Gasteiger partial charge in [0.15, 0.2) is 0 Å². The standard InChI is InChI=1S/C16H25NO3S/c1-4-15(18)13-7-5-8-14(11-13)21(19,20)17-10-6-9-16(2,3)12-17/h5,7-8,11,15,18H,4,6,9-10,12H2,1-3H3. The molecule has 1 atom stereocenters. The Hall–Kier alpha value is -0.910. The summed E-state index contributed by atoms with van der Waals surface area (Å²) in [6.45, 7) is 7.21. The number of piperidine rings is 1. The summed E-state index contributed by atoms with van der Waals surface area (Å²) in [5, 5.41) is 9.90. The first kappa shape index (κ1) is 16.5. The monoisotopic (exact) mass is 311 g/mol. The van der Waals surface area contributed by atoms with Gasteiger partial charge in [-0.25, -0.2) is 8.42 Å². The van der Waals surface area contributed by atoms with Crippen LogP contribution in [0.15, 0.2) is 29.2 Å². The van der Waals surface area contributed by atoms with Gasteiger partial charge in [0, 0.05) is 13.1 Å². The summed E-state index contributed by atoms with van der Waals surface area (Å²) >= 11 is 0. The van der Waals surface area contributed by atoms with Crippen molar-refractivity contribution in [3.63, 3.8) is 0 Å². The number of nitrogens with zero attached hydrogens (tertiary/aromatic N) is 1. The molecule has 0 amide bonds. The number of hydrogen-bond donors (Lipinski definition) is 1. The third-order valence-electron chi connectivity index (χ3n) is 4.13. The number of rotatable bonds is 4. The maximum Gasteiger partial charge on any atom is 0.243 e. The Labute approximate surface area is 127 Å². The molecule has 1 fully saturated rings. The first-order valence-corrected chi connectivity index (χ1v) is 8.98. The van der Waals surface area contributed by atoms with Crippen LogP contribution in [0.3, 0.4) is 0 Å². The van der Waals surface area contributed by atoms with Crippen LogP contribution in [0.1, 0.15) is 51.7 Å². The molecule has 5 heteroatoms. The highest BCUT2D eigenvalue weighted by molar-refractivity contribution is 7.89. The lowest BCUT2D eigenvalue weighted by Gasteiger charge is -2.37. The molecule has 118 valence electrons. The summed E-state index contributed by atoms with van der Waals surface area (Å²) < 4.78 is 27.1. The van der Waals surface area contributed by atoms with Crippen LogP contribution >= 0.6 is 0 Å². The molecule has 21 heavy (non-hydrogen) atoms. The van der Waals surface area contributed by atoms with Crippen molar-refractivity contribution in [3.8, 4) is 0 Å². The fourth-order valence-corrected chi connectivity index (χ4v) is 4.56. The highest BCUT2D eigenvalue weighted by atomic mass is 32.2. The molecule has 1 N–H and O–H groups in total. The molecular weight excluding hydrogens is 286 g/mol. The van der Waals surface area contributed by atoms with Crippen LogP contribution in [0.2, 0.25) is 0 Å². The summed E-state index contributed by atoms with van der Waals surface area (Å²) in [5.74, 6) is 0. The predicted molar refractivity (Wildman–Crippen MR) is 83.5 cm³/mol. The van der Waals surface area contributed by atoms with Gasteiger partial charge in [-0.15, -0.1) is 0 Å². The summed E-state index contributed by atoms with van der Waals surface area (Å²) in [4.78, 5) is 0.283. The van der Waals surface area contributed by atoms with E-state index in [9.17, 15) is 13.5 Å². The molecule has 1 aromatic rings. The van der Waals surface area contributed by atoms with Crippen molar-refractivity contribution in [2.45, 2.75) is 51.0 Å². The summed E-state index contributed by atoms with van der Waals surface area (Å²) in [5.41, 5.74) is 0.682. The first-order valence-electron chi connectivity index (χ1n) is 7.54. The zero-order valence-electron chi connectivity index (χ0n) is 13.0.